The summed E-state index contributed by atoms with van der Waals surface area (Å²) in [5.74, 6) is -0.798. The second-order valence-electron chi connectivity index (χ2n) is 11.0. The maximum atomic E-state index is 13.5. The first kappa shape index (κ1) is 27.1. The van der Waals surface area contributed by atoms with E-state index in [1.54, 1.807) is 24.3 Å². The highest BCUT2D eigenvalue weighted by molar-refractivity contribution is 5.93. The Kier molecular flexibility index (Phi) is 8.32. The quantitative estimate of drug-likeness (QED) is 0.522. The lowest BCUT2D eigenvalue weighted by Crippen LogP contribution is -2.60. The number of nitrogens with zero attached hydrogens (tertiary/aromatic N) is 2. The number of hydrogen-bond donors (Lipinski definition) is 4. The van der Waals surface area contributed by atoms with Crippen LogP contribution in [-0.4, -0.2) is 58.1 Å². The van der Waals surface area contributed by atoms with Gasteiger partial charge in [0.2, 0.25) is 11.8 Å². The zero-order valence-corrected chi connectivity index (χ0v) is 21.1. The van der Waals surface area contributed by atoms with Gasteiger partial charge in [-0.15, -0.1) is 0 Å². The first-order chi connectivity index (χ1) is 15.6. The predicted molar refractivity (Wildman–Crippen MR) is 129 cm³/mol. The van der Waals surface area contributed by atoms with Gasteiger partial charge in [0.25, 0.3) is 0 Å². The molecule has 0 spiro atoms. The third-order valence-electron chi connectivity index (χ3n) is 5.64. The maximum Gasteiger partial charge on any atom is 0.315 e. The lowest BCUT2D eigenvalue weighted by molar-refractivity contribution is -0.142. The molecule has 0 bridgehead atoms. The number of hydrogen-bond acceptors (Lipinski definition) is 5. The molecule has 1 aromatic carbocycles. The fraction of sp³-hybridized carbons (Fsp3) is 0.600. The molecule has 2 rings (SSSR count). The van der Waals surface area contributed by atoms with E-state index in [9.17, 15) is 19.5 Å². The Balaban J connectivity index is 2.18. The van der Waals surface area contributed by atoms with Gasteiger partial charge in [0, 0.05) is 18.5 Å². The lowest BCUT2D eigenvalue weighted by atomic mass is 9.85. The molecular weight excluding hydrogens is 434 g/mol. The highest BCUT2D eigenvalue weighted by Crippen LogP contribution is 2.27. The summed E-state index contributed by atoms with van der Waals surface area (Å²) in [5, 5.41) is 27.7. The first-order valence-electron chi connectivity index (χ1n) is 11.5. The number of nitriles is 1. The zero-order chi connectivity index (χ0) is 25.8. The Morgan fingerprint density at radius 2 is 1.68 bits per heavy atom. The molecule has 186 valence electrons. The van der Waals surface area contributed by atoms with Crippen molar-refractivity contribution in [2.45, 2.75) is 84.7 Å². The van der Waals surface area contributed by atoms with Gasteiger partial charge in [-0.2, -0.15) is 5.26 Å². The standard InChI is InChI=1S/C25H37N5O4/c1-15(17-10-8-16(13-26)9-11-17)27-21(32)19-12-18(31)14-30(19)22(33)20(24(2,3)4)28-23(34)29-25(5,6)7/h8-11,15,18-20,31H,12,14H2,1-7H3,(H,27,32)(H2,28,29,34). The highest BCUT2D eigenvalue weighted by Gasteiger charge is 2.44. The zero-order valence-electron chi connectivity index (χ0n) is 21.1. The van der Waals surface area contributed by atoms with Gasteiger partial charge in [-0.25, -0.2) is 4.79 Å². The molecule has 4 N–H and O–H groups in total. The molecule has 0 aromatic heterocycles. The molecule has 9 heteroatoms. The molecule has 34 heavy (non-hydrogen) atoms. The van der Waals surface area contributed by atoms with Gasteiger partial charge >= 0.3 is 6.03 Å². The molecule has 4 unspecified atom stereocenters. The number of benzene rings is 1. The van der Waals surface area contributed by atoms with Crippen molar-refractivity contribution in [1.29, 1.82) is 5.26 Å². The van der Waals surface area contributed by atoms with Crippen molar-refractivity contribution in [2.75, 3.05) is 6.54 Å². The van der Waals surface area contributed by atoms with E-state index >= 15 is 0 Å². The van der Waals surface area contributed by atoms with Crippen LogP contribution in [0.2, 0.25) is 0 Å². The minimum Gasteiger partial charge on any atom is -0.391 e. The van der Waals surface area contributed by atoms with Gasteiger partial charge in [0.15, 0.2) is 0 Å². The summed E-state index contributed by atoms with van der Waals surface area (Å²) in [5.41, 5.74) is 0.228. The molecule has 4 amide bonds. The SMILES string of the molecule is CC(NC(=O)C1CC(O)CN1C(=O)C(NC(=O)NC(C)(C)C)C(C)(C)C)c1ccc(C#N)cc1. The number of carbonyl (C=O) groups is 3. The lowest BCUT2D eigenvalue weighted by Gasteiger charge is -2.36. The van der Waals surface area contributed by atoms with Crippen molar-refractivity contribution in [1.82, 2.24) is 20.9 Å². The molecule has 9 nitrogen and oxygen atoms in total. The van der Waals surface area contributed by atoms with Crippen molar-refractivity contribution < 1.29 is 19.5 Å². The molecule has 0 radical (unpaired) electrons. The first-order valence-corrected chi connectivity index (χ1v) is 11.5. The number of rotatable bonds is 5. The molecule has 0 aliphatic carbocycles. The Bertz CT molecular complexity index is 940. The topological polar surface area (TPSA) is 135 Å². The maximum absolute atomic E-state index is 13.5. The van der Waals surface area contributed by atoms with Crippen LogP contribution in [0.25, 0.3) is 0 Å². The monoisotopic (exact) mass is 471 g/mol. The molecule has 1 aliphatic rings. The molecule has 1 fully saturated rings. The van der Waals surface area contributed by atoms with Crippen molar-refractivity contribution in [3.8, 4) is 6.07 Å². The minimum atomic E-state index is -0.897. The number of β-amino-alcohol motifs (C(OH)–C–C–N with tert-alkyl or cyclic N) is 1. The third-order valence-corrected chi connectivity index (χ3v) is 5.64. The van der Waals surface area contributed by atoms with E-state index in [-0.39, 0.29) is 24.9 Å². The summed E-state index contributed by atoms with van der Waals surface area (Å²) < 4.78 is 0. The van der Waals surface area contributed by atoms with Crippen LogP contribution in [0, 0.1) is 16.7 Å². The Hall–Kier alpha value is -3.12. The predicted octanol–water partition coefficient (Wildman–Crippen LogP) is 2.21. The summed E-state index contributed by atoms with van der Waals surface area (Å²) in [6, 6.07) is 6.35. The Morgan fingerprint density at radius 3 is 2.18 bits per heavy atom. The summed E-state index contributed by atoms with van der Waals surface area (Å²) in [4.78, 5) is 40.5. The second-order valence-corrected chi connectivity index (χ2v) is 11.0. The summed E-state index contributed by atoms with van der Waals surface area (Å²) >= 11 is 0. The molecule has 0 saturated carbocycles. The summed E-state index contributed by atoms with van der Waals surface area (Å²) in [6.07, 6.45) is -0.725. The van der Waals surface area contributed by atoms with Crippen LogP contribution in [0.5, 0.6) is 0 Å². The number of amides is 4. The number of nitrogens with one attached hydrogen (secondary N) is 3. The van der Waals surface area contributed by atoms with Crippen LogP contribution in [0.1, 0.15) is 72.1 Å². The second kappa shape index (κ2) is 10.4. The van der Waals surface area contributed by atoms with Gasteiger partial charge in [-0.05, 0) is 50.8 Å². The molecule has 1 aromatic rings. The molecule has 1 aliphatic heterocycles. The summed E-state index contributed by atoms with van der Waals surface area (Å²) in [7, 11) is 0. The van der Waals surface area contributed by atoms with E-state index < -0.39 is 41.1 Å². The van der Waals surface area contributed by atoms with Gasteiger partial charge in [-0.3, -0.25) is 9.59 Å². The van der Waals surface area contributed by atoms with Crippen LogP contribution in [0.3, 0.4) is 0 Å². The van der Waals surface area contributed by atoms with Gasteiger partial charge in [0.1, 0.15) is 12.1 Å². The largest absolute Gasteiger partial charge is 0.391 e. The van der Waals surface area contributed by atoms with E-state index in [2.05, 4.69) is 22.0 Å². The van der Waals surface area contributed by atoms with Crippen LogP contribution in [0.4, 0.5) is 4.79 Å². The third kappa shape index (κ3) is 7.19. The van der Waals surface area contributed by atoms with Crippen molar-refractivity contribution >= 4 is 17.8 Å². The fourth-order valence-corrected chi connectivity index (χ4v) is 3.87. The molecule has 4 atom stereocenters. The molecule has 1 heterocycles. The average molecular weight is 472 g/mol. The minimum absolute atomic E-state index is 0.0112. The number of aliphatic hydroxyl groups excluding tert-OH is 1. The number of urea groups is 1. The van der Waals surface area contributed by atoms with Crippen LogP contribution in [0.15, 0.2) is 24.3 Å². The van der Waals surface area contributed by atoms with Crippen LogP contribution >= 0.6 is 0 Å². The van der Waals surface area contributed by atoms with E-state index in [1.165, 1.54) is 4.90 Å². The normalized spacial score (nSPS) is 20.1. The number of carbonyl (C=O) groups excluding carboxylic acids is 3. The van der Waals surface area contributed by atoms with Gasteiger partial charge < -0.3 is 26.0 Å². The summed E-state index contributed by atoms with van der Waals surface area (Å²) in [6.45, 7) is 12.8. The average Bonchev–Trinajstić information content (AvgIpc) is 3.11. The number of likely N-dealkylation sites (tertiary alicyclic amines) is 1. The van der Waals surface area contributed by atoms with E-state index in [4.69, 9.17) is 5.26 Å². The fourth-order valence-electron chi connectivity index (χ4n) is 3.87. The Morgan fingerprint density at radius 1 is 1.09 bits per heavy atom. The highest BCUT2D eigenvalue weighted by atomic mass is 16.3. The van der Waals surface area contributed by atoms with Gasteiger partial charge in [0.05, 0.1) is 23.8 Å². The van der Waals surface area contributed by atoms with E-state index in [1.807, 2.05) is 48.5 Å². The van der Waals surface area contributed by atoms with Gasteiger partial charge in [-0.1, -0.05) is 32.9 Å². The molecular formula is C25H37N5O4. The Labute approximate surface area is 201 Å². The van der Waals surface area contributed by atoms with Crippen LogP contribution in [-0.2, 0) is 9.59 Å². The van der Waals surface area contributed by atoms with E-state index in [0.29, 0.717) is 5.56 Å². The smallest absolute Gasteiger partial charge is 0.315 e. The van der Waals surface area contributed by atoms with E-state index in [0.717, 1.165) is 5.56 Å². The van der Waals surface area contributed by atoms with Crippen molar-refractivity contribution in [3.05, 3.63) is 35.4 Å². The van der Waals surface area contributed by atoms with Crippen molar-refractivity contribution in [2.24, 2.45) is 5.41 Å². The molecule has 1 saturated heterocycles. The van der Waals surface area contributed by atoms with Crippen LogP contribution < -0.4 is 16.0 Å². The number of aliphatic hydroxyl groups is 1. The van der Waals surface area contributed by atoms with Crippen molar-refractivity contribution in [3.63, 3.8) is 0 Å².